The van der Waals surface area contributed by atoms with Gasteiger partial charge in [-0.25, -0.2) is 0 Å². The second-order valence-electron chi connectivity index (χ2n) is 2.68. The fourth-order valence-corrected chi connectivity index (χ4v) is 1.07. The van der Waals surface area contributed by atoms with Crippen molar-refractivity contribution >= 4 is 0 Å². The lowest BCUT2D eigenvalue weighted by molar-refractivity contribution is 0.000766. The van der Waals surface area contributed by atoms with Gasteiger partial charge in [0.15, 0.2) is 0 Å². The Balaban J connectivity index is 2.26. The number of rotatable bonds is 1. The molecule has 48 valence electrons. The first-order valence-electron chi connectivity index (χ1n) is 3.06. The molecule has 1 rings (SSSR count). The Kier molecular flexibility index (Phi) is 1.54. The molecule has 2 atom stereocenters. The summed E-state index contributed by atoms with van der Waals surface area (Å²) in [6.07, 6.45) is 2.10. The second-order valence-corrected chi connectivity index (χ2v) is 2.68. The Labute approximate surface area is 50.1 Å². The van der Waals surface area contributed by atoms with Crippen molar-refractivity contribution < 1.29 is 5.11 Å². The normalized spacial score (nSPS) is 37.5. The van der Waals surface area contributed by atoms with Crippen LogP contribution in [0.25, 0.3) is 0 Å². The SMILES string of the molecule is CN(C)C1CCC1O. The van der Waals surface area contributed by atoms with Crippen LogP contribution in [0.5, 0.6) is 0 Å². The van der Waals surface area contributed by atoms with Gasteiger partial charge in [0.05, 0.1) is 6.10 Å². The van der Waals surface area contributed by atoms with Gasteiger partial charge in [-0.2, -0.15) is 0 Å². The molecule has 2 heteroatoms. The van der Waals surface area contributed by atoms with Crippen molar-refractivity contribution in [3.63, 3.8) is 0 Å². The topological polar surface area (TPSA) is 23.5 Å². The average Bonchev–Trinajstić information content (AvgIpc) is 1.61. The first-order chi connectivity index (χ1) is 3.72. The molecule has 0 saturated heterocycles. The molecule has 0 radical (unpaired) electrons. The lowest BCUT2D eigenvalue weighted by Crippen LogP contribution is -2.46. The van der Waals surface area contributed by atoms with Gasteiger partial charge in [0.2, 0.25) is 0 Å². The van der Waals surface area contributed by atoms with E-state index in [2.05, 4.69) is 4.90 Å². The minimum absolute atomic E-state index is 0.0509. The number of likely N-dealkylation sites (N-methyl/N-ethyl adjacent to an activating group) is 1. The number of aliphatic hydroxyl groups excluding tert-OH is 1. The zero-order chi connectivity index (χ0) is 6.15. The highest BCUT2D eigenvalue weighted by Crippen LogP contribution is 2.22. The lowest BCUT2D eigenvalue weighted by Gasteiger charge is -2.37. The van der Waals surface area contributed by atoms with Crippen LogP contribution in [0.2, 0.25) is 0 Å². The van der Waals surface area contributed by atoms with Crippen LogP contribution in [-0.4, -0.2) is 36.2 Å². The minimum Gasteiger partial charge on any atom is -0.391 e. The Hall–Kier alpha value is -0.0800. The molecular formula is C6H13NO. The molecule has 8 heavy (non-hydrogen) atoms. The third-order valence-electron chi connectivity index (χ3n) is 1.87. The van der Waals surface area contributed by atoms with Crippen LogP contribution < -0.4 is 0 Å². The number of aliphatic hydroxyl groups is 1. The van der Waals surface area contributed by atoms with Gasteiger partial charge >= 0.3 is 0 Å². The van der Waals surface area contributed by atoms with Crippen LogP contribution in [0.15, 0.2) is 0 Å². The molecule has 2 nitrogen and oxygen atoms in total. The summed E-state index contributed by atoms with van der Waals surface area (Å²) in [5.74, 6) is 0. The van der Waals surface area contributed by atoms with Gasteiger partial charge in [0.1, 0.15) is 0 Å². The summed E-state index contributed by atoms with van der Waals surface area (Å²) in [4.78, 5) is 2.08. The van der Waals surface area contributed by atoms with Crippen molar-refractivity contribution in [1.82, 2.24) is 4.90 Å². The summed E-state index contributed by atoms with van der Waals surface area (Å²) in [6.45, 7) is 0. The van der Waals surface area contributed by atoms with E-state index >= 15 is 0 Å². The van der Waals surface area contributed by atoms with Crippen molar-refractivity contribution in [2.24, 2.45) is 0 Å². The summed E-state index contributed by atoms with van der Waals surface area (Å²) >= 11 is 0. The van der Waals surface area contributed by atoms with Crippen LogP contribution in [0.4, 0.5) is 0 Å². The van der Waals surface area contributed by atoms with Crippen molar-refractivity contribution in [2.45, 2.75) is 25.0 Å². The predicted molar refractivity (Wildman–Crippen MR) is 32.7 cm³/mol. The minimum atomic E-state index is -0.0509. The van der Waals surface area contributed by atoms with Gasteiger partial charge in [0.25, 0.3) is 0 Å². The maximum absolute atomic E-state index is 9.04. The summed E-state index contributed by atoms with van der Waals surface area (Å²) in [5.41, 5.74) is 0. The molecule has 0 aromatic rings. The van der Waals surface area contributed by atoms with E-state index in [1.54, 1.807) is 0 Å². The first kappa shape index (κ1) is 6.05. The van der Waals surface area contributed by atoms with Crippen LogP contribution >= 0.6 is 0 Å². The maximum Gasteiger partial charge on any atom is 0.0695 e. The fraction of sp³-hybridized carbons (Fsp3) is 1.00. The molecule has 1 aliphatic carbocycles. The molecule has 1 saturated carbocycles. The smallest absolute Gasteiger partial charge is 0.0695 e. The molecule has 1 aliphatic rings. The number of nitrogens with zero attached hydrogens (tertiary/aromatic N) is 1. The van der Waals surface area contributed by atoms with E-state index in [1.807, 2.05) is 14.1 Å². The average molecular weight is 115 g/mol. The second kappa shape index (κ2) is 2.03. The van der Waals surface area contributed by atoms with E-state index < -0.39 is 0 Å². The molecule has 0 aromatic heterocycles. The highest BCUT2D eigenvalue weighted by molar-refractivity contribution is 4.85. The zero-order valence-electron chi connectivity index (χ0n) is 5.46. The van der Waals surface area contributed by atoms with Gasteiger partial charge in [-0.1, -0.05) is 0 Å². The number of hydrogen-bond donors (Lipinski definition) is 1. The Morgan fingerprint density at radius 3 is 2.00 bits per heavy atom. The highest BCUT2D eigenvalue weighted by atomic mass is 16.3. The van der Waals surface area contributed by atoms with Gasteiger partial charge in [-0.15, -0.1) is 0 Å². The largest absolute Gasteiger partial charge is 0.391 e. The molecule has 0 aromatic carbocycles. The van der Waals surface area contributed by atoms with E-state index in [0.29, 0.717) is 6.04 Å². The molecular weight excluding hydrogens is 102 g/mol. The quantitative estimate of drug-likeness (QED) is 0.523. The van der Waals surface area contributed by atoms with Crippen molar-refractivity contribution in [3.8, 4) is 0 Å². The first-order valence-corrected chi connectivity index (χ1v) is 3.06. The zero-order valence-corrected chi connectivity index (χ0v) is 5.46. The summed E-state index contributed by atoms with van der Waals surface area (Å²) < 4.78 is 0. The third kappa shape index (κ3) is 0.858. The summed E-state index contributed by atoms with van der Waals surface area (Å²) in [5, 5.41) is 9.04. The standard InChI is InChI=1S/C6H13NO/c1-7(2)5-3-4-6(5)8/h5-6,8H,3-4H2,1-2H3. The van der Waals surface area contributed by atoms with E-state index in [0.717, 1.165) is 12.8 Å². The molecule has 1 fully saturated rings. The molecule has 0 amide bonds. The summed E-state index contributed by atoms with van der Waals surface area (Å²) in [6, 6.07) is 0.440. The maximum atomic E-state index is 9.04. The van der Waals surface area contributed by atoms with Crippen LogP contribution in [0, 0.1) is 0 Å². The van der Waals surface area contributed by atoms with Gasteiger partial charge < -0.3 is 10.0 Å². The molecule has 0 heterocycles. The predicted octanol–water partition coefficient (Wildman–Crippen LogP) is 0.0713. The monoisotopic (exact) mass is 115 g/mol. The van der Waals surface area contributed by atoms with Crippen molar-refractivity contribution in [1.29, 1.82) is 0 Å². The third-order valence-corrected chi connectivity index (χ3v) is 1.87. The molecule has 0 bridgehead atoms. The Bertz CT molecular complexity index is 77.8. The van der Waals surface area contributed by atoms with Crippen LogP contribution in [-0.2, 0) is 0 Å². The van der Waals surface area contributed by atoms with Gasteiger partial charge in [0, 0.05) is 6.04 Å². The lowest BCUT2D eigenvalue weighted by atomic mass is 9.88. The van der Waals surface area contributed by atoms with E-state index in [9.17, 15) is 0 Å². The molecule has 2 unspecified atom stereocenters. The van der Waals surface area contributed by atoms with E-state index in [-0.39, 0.29) is 6.10 Å². The van der Waals surface area contributed by atoms with Crippen LogP contribution in [0.1, 0.15) is 12.8 Å². The molecule has 0 spiro atoms. The Morgan fingerprint density at radius 2 is 2.00 bits per heavy atom. The number of hydrogen-bond acceptors (Lipinski definition) is 2. The van der Waals surface area contributed by atoms with Crippen molar-refractivity contribution in [2.75, 3.05) is 14.1 Å². The van der Waals surface area contributed by atoms with Crippen LogP contribution in [0.3, 0.4) is 0 Å². The van der Waals surface area contributed by atoms with E-state index in [1.165, 1.54) is 0 Å². The van der Waals surface area contributed by atoms with E-state index in [4.69, 9.17) is 5.11 Å². The molecule has 0 aliphatic heterocycles. The summed E-state index contributed by atoms with van der Waals surface area (Å²) in [7, 11) is 4.01. The molecule has 1 N–H and O–H groups in total. The van der Waals surface area contributed by atoms with Gasteiger partial charge in [-0.3, -0.25) is 0 Å². The fourth-order valence-electron chi connectivity index (χ4n) is 1.07. The van der Waals surface area contributed by atoms with Gasteiger partial charge in [-0.05, 0) is 26.9 Å². The van der Waals surface area contributed by atoms with Crippen molar-refractivity contribution in [3.05, 3.63) is 0 Å². The Morgan fingerprint density at radius 1 is 1.38 bits per heavy atom. The highest BCUT2D eigenvalue weighted by Gasteiger charge is 2.29.